The average molecular weight is 431 g/mol. The number of likely N-dealkylation sites (tertiary alicyclic amines) is 1. The third kappa shape index (κ3) is 4.60. The summed E-state index contributed by atoms with van der Waals surface area (Å²) in [6.07, 6.45) is 2.46. The number of rotatable bonds is 5. The summed E-state index contributed by atoms with van der Waals surface area (Å²) in [4.78, 5) is 14.6. The fourth-order valence-corrected chi connectivity index (χ4v) is 4.77. The molecule has 8 heteroatoms. The molecule has 2 aromatic carbocycles. The first-order valence-electron chi connectivity index (χ1n) is 10.2. The quantitative estimate of drug-likeness (QED) is 0.788. The Morgan fingerprint density at radius 3 is 2.67 bits per heavy atom. The summed E-state index contributed by atoms with van der Waals surface area (Å²) in [5, 5.41) is 0. The van der Waals surface area contributed by atoms with Gasteiger partial charge in [0.2, 0.25) is 16.1 Å². The van der Waals surface area contributed by atoms with E-state index < -0.39 is 16.1 Å². The maximum Gasteiger partial charge on any atom is 0.267 e. The van der Waals surface area contributed by atoms with Gasteiger partial charge in [0.25, 0.3) is 5.91 Å². The number of hydrogen-bond acceptors (Lipinski definition) is 5. The van der Waals surface area contributed by atoms with Gasteiger partial charge in [0, 0.05) is 25.7 Å². The number of carbonyl (C=O) groups is 1. The third-order valence-electron chi connectivity index (χ3n) is 5.38. The second-order valence-corrected chi connectivity index (χ2v) is 9.49. The fraction of sp³-hybridized carbons (Fsp3) is 0.409. The van der Waals surface area contributed by atoms with Crippen LogP contribution in [0.2, 0.25) is 0 Å². The molecule has 1 fully saturated rings. The molecule has 0 spiro atoms. The lowest BCUT2D eigenvalue weighted by molar-refractivity contribution is -0.142. The van der Waals surface area contributed by atoms with Gasteiger partial charge in [0.15, 0.2) is 11.5 Å². The van der Waals surface area contributed by atoms with Crippen LogP contribution in [-0.4, -0.2) is 45.0 Å². The lowest BCUT2D eigenvalue weighted by atomic mass is 10.1. The molecule has 0 bridgehead atoms. The molecule has 160 valence electrons. The molecular formula is C22H26N2O5S. The van der Waals surface area contributed by atoms with E-state index in [1.165, 1.54) is 12.1 Å². The summed E-state index contributed by atoms with van der Waals surface area (Å²) >= 11 is 0. The van der Waals surface area contributed by atoms with E-state index in [0.717, 1.165) is 43.5 Å². The Balaban J connectivity index is 1.43. The summed E-state index contributed by atoms with van der Waals surface area (Å²) in [5.41, 5.74) is 1.95. The Labute approximate surface area is 177 Å². The Morgan fingerprint density at radius 2 is 1.90 bits per heavy atom. The predicted molar refractivity (Wildman–Crippen MR) is 112 cm³/mol. The number of fused-ring (bicyclic) bond motifs is 1. The van der Waals surface area contributed by atoms with E-state index in [4.69, 9.17) is 9.47 Å². The fourth-order valence-electron chi connectivity index (χ4n) is 3.74. The molecule has 30 heavy (non-hydrogen) atoms. The van der Waals surface area contributed by atoms with Crippen molar-refractivity contribution in [2.24, 2.45) is 0 Å². The van der Waals surface area contributed by atoms with Crippen LogP contribution in [0, 0.1) is 6.92 Å². The Bertz CT molecular complexity index is 1030. The van der Waals surface area contributed by atoms with Crippen LogP contribution in [0.3, 0.4) is 0 Å². The Hall–Kier alpha value is -2.58. The number of hydrogen-bond donors (Lipinski definition) is 1. The Kier molecular flexibility index (Phi) is 5.97. The van der Waals surface area contributed by atoms with Crippen molar-refractivity contribution in [1.82, 2.24) is 9.62 Å². The van der Waals surface area contributed by atoms with Crippen molar-refractivity contribution in [3.63, 3.8) is 0 Å². The molecule has 1 saturated heterocycles. The molecule has 1 amide bonds. The molecule has 1 atom stereocenters. The van der Waals surface area contributed by atoms with Gasteiger partial charge >= 0.3 is 0 Å². The topological polar surface area (TPSA) is 84.9 Å². The first-order chi connectivity index (χ1) is 14.4. The van der Waals surface area contributed by atoms with E-state index in [0.29, 0.717) is 11.5 Å². The first kappa shape index (κ1) is 20.7. The number of nitrogens with one attached hydrogen (secondary N) is 1. The van der Waals surface area contributed by atoms with Crippen molar-refractivity contribution < 1.29 is 22.7 Å². The second-order valence-electron chi connectivity index (χ2n) is 7.73. The molecular weight excluding hydrogens is 404 g/mol. The molecule has 0 radical (unpaired) electrons. The summed E-state index contributed by atoms with van der Waals surface area (Å²) in [5.74, 6) is 0.641. The summed E-state index contributed by atoms with van der Waals surface area (Å²) in [7, 11) is -3.71. The van der Waals surface area contributed by atoms with E-state index in [1.54, 1.807) is 6.07 Å². The molecule has 0 saturated carbocycles. The lowest BCUT2D eigenvalue weighted by Gasteiger charge is -2.32. The lowest BCUT2D eigenvalue weighted by Crippen LogP contribution is -2.48. The molecule has 4 rings (SSSR count). The van der Waals surface area contributed by atoms with Crippen LogP contribution >= 0.6 is 0 Å². The van der Waals surface area contributed by atoms with Crippen LogP contribution < -0.4 is 14.2 Å². The molecule has 1 unspecified atom stereocenters. The minimum absolute atomic E-state index is 0.0720. The van der Waals surface area contributed by atoms with Crippen molar-refractivity contribution in [2.45, 2.75) is 43.7 Å². The van der Waals surface area contributed by atoms with E-state index in [9.17, 15) is 13.2 Å². The van der Waals surface area contributed by atoms with Crippen molar-refractivity contribution in [3.8, 4) is 11.5 Å². The summed E-state index contributed by atoms with van der Waals surface area (Å²) in [6.45, 7) is 3.72. The van der Waals surface area contributed by atoms with Crippen molar-refractivity contribution in [3.05, 3.63) is 53.6 Å². The maximum absolute atomic E-state index is 12.7. The zero-order valence-electron chi connectivity index (χ0n) is 17.0. The minimum atomic E-state index is -3.71. The highest BCUT2D eigenvalue weighted by Gasteiger charge is 2.32. The van der Waals surface area contributed by atoms with Gasteiger partial charge in [0.1, 0.15) is 6.61 Å². The summed E-state index contributed by atoms with van der Waals surface area (Å²) in [6, 6.07) is 12.1. The van der Waals surface area contributed by atoms with Crippen LogP contribution in [0.5, 0.6) is 11.5 Å². The van der Waals surface area contributed by atoms with Crippen molar-refractivity contribution >= 4 is 15.9 Å². The van der Waals surface area contributed by atoms with E-state index >= 15 is 0 Å². The number of carbonyl (C=O) groups excluding carboxylic acids is 1. The highest BCUT2D eigenvalue weighted by molar-refractivity contribution is 7.89. The molecule has 7 nitrogen and oxygen atoms in total. The molecule has 0 aromatic heterocycles. The van der Waals surface area contributed by atoms with E-state index in [1.807, 2.05) is 36.1 Å². The van der Waals surface area contributed by atoms with Gasteiger partial charge in [-0.15, -0.1) is 0 Å². The van der Waals surface area contributed by atoms with E-state index in [2.05, 4.69) is 4.72 Å². The largest absolute Gasteiger partial charge is 0.485 e. The number of piperidine rings is 1. The second kappa shape index (κ2) is 8.65. The maximum atomic E-state index is 12.7. The number of benzene rings is 2. The zero-order chi connectivity index (χ0) is 21.1. The molecule has 0 aliphatic carbocycles. The van der Waals surface area contributed by atoms with Gasteiger partial charge in [-0.3, -0.25) is 4.79 Å². The van der Waals surface area contributed by atoms with Crippen molar-refractivity contribution in [2.75, 3.05) is 19.7 Å². The van der Waals surface area contributed by atoms with Gasteiger partial charge in [-0.1, -0.05) is 29.8 Å². The van der Waals surface area contributed by atoms with Crippen LogP contribution in [0.15, 0.2) is 47.4 Å². The monoisotopic (exact) mass is 430 g/mol. The smallest absolute Gasteiger partial charge is 0.267 e. The molecule has 2 aliphatic heterocycles. The van der Waals surface area contributed by atoms with Crippen LogP contribution in [0.25, 0.3) is 0 Å². The predicted octanol–water partition coefficient (Wildman–Crippen LogP) is 2.63. The highest BCUT2D eigenvalue weighted by atomic mass is 32.2. The number of nitrogens with zero attached hydrogens (tertiary/aromatic N) is 1. The van der Waals surface area contributed by atoms with Gasteiger partial charge < -0.3 is 14.4 Å². The van der Waals surface area contributed by atoms with Gasteiger partial charge in [-0.25, -0.2) is 13.1 Å². The minimum Gasteiger partial charge on any atom is -0.485 e. The molecule has 2 heterocycles. The number of amides is 1. The average Bonchev–Trinajstić information content (AvgIpc) is 2.77. The normalized spacial score (nSPS) is 18.8. The first-order valence-corrected chi connectivity index (χ1v) is 11.7. The number of ether oxygens (including phenoxy) is 2. The number of aryl methyl sites for hydroxylation is 1. The van der Waals surface area contributed by atoms with Gasteiger partial charge in [-0.2, -0.15) is 0 Å². The van der Waals surface area contributed by atoms with Crippen molar-refractivity contribution in [1.29, 1.82) is 0 Å². The standard InChI is InChI=1S/C22H26N2O5S/c1-16-6-5-7-17(12-16)14-23-30(26,27)18-8-9-19-20(13-18)28-15-21(29-19)22(25)24-10-3-2-4-11-24/h5-9,12-13,21,23H,2-4,10-11,14-15H2,1H3. The summed E-state index contributed by atoms with van der Waals surface area (Å²) < 4.78 is 39.5. The Morgan fingerprint density at radius 1 is 1.10 bits per heavy atom. The van der Waals surface area contributed by atoms with Gasteiger partial charge in [0.05, 0.1) is 4.90 Å². The van der Waals surface area contributed by atoms with Crippen LogP contribution in [0.4, 0.5) is 0 Å². The molecule has 1 N–H and O–H groups in total. The molecule has 2 aromatic rings. The van der Waals surface area contributed by atoms with Gasteiger partial charge in [-0.05, 0) is 43.9 Å². The SMILES string of the molecule is Cc1cccc(CNS(=O)(=O)c2ccc3c(c2)OCC(C(=O)N2CCCCC2)O3)c1. The van der Waals surface area contributed by atoms with Crippen LogP contribution in [-0.2, 0) is 21.4 Å². The zero-order valence-corrected chi connectivity index (χ0v) is 17.8. The third-order valence-corrected chi connectivity index (χ3v) is 6.78. The van der Waals surface area contributed by atoms with E-state index in [-0.39, 0.29) is 24.0 Å². The highest BCUT2D eigenvalue weighted by Crippen LogP contribution is 2.34. The number of sulfonamides is 1. The molecule has 2 aliphatic rings. The van der Waals surface area contributed by atoms with Crippen LogP contribution in [0.1, 0.15) is 30.4 Å².